The molecule has 0 unspecified atom stereocenters. The number of hydrogen-bond donors (Lipinski definition) is 1. The Balaban J connectivity index is 2.19. The molecule has 1 aromatic heterocycles. The predicted molar refractivity (Wildman–Crippen MR) is 68.5 cm³/mol. The van der Waals surface area contributed by atoms with Gasteiger partial charge in [0, 0.05) is 24.2 Å². The van der Waals surface area contributed by atoms with Crippen molar-refractivity contribution in [3.8, 4) is 5.75 Å². The Morgan fingerprint density at radius 3 is 2.75 bits per heavy atom. The lowest BCUT2D eigenvalue weighted by atomic mass is 10.2. The number of benzene rings is 1. The molecule has 1 heterocycles. The van der Waals surface area contributed by atoms with E-state index in [1.807, 2.05) is 0 Å². The third kappa shape index (κ3) is 3.39. The highest BCUT2D eigenvalue weighted by molar-refractivity contribution is 5.19. The van der Waals surface area contributed by atoms with Crippen LogP contribution in [0.25, 0.3) is 0 Å². The van der Waals surface area contributed by atoms with Gasteiger partial charge in [0.2, 0.25) is 0 Å². The first-order chi connectivity index (χ1) is 9.60. The molecule has 2 aromatic rings. The highest BCUT2D eigenvalue weighted by atomic mass is 19.1. The molecule has 0 amide bonds. The van der Waals surface area contributed by atoms with E-state index in [1.165, 1.54) is 18.3 Å². The molecule has 20 heavy (non-hydrogen) atoms. The third-order valence-corrected chi connectivity index (χ3v) is 2.57. The number of hydrogen-bond acceptors (Lipinski definition) is 4. The quantitative estimate of drug-likeness (QED) is 0.884. The molecule has 0 aliphatic carbocycles. The fourth-order valence-electron chi connectivity index (χ4n) is 1.60. The third-order valence-electron chi connectivity index (χ3n) is 2.57. The van der Waals surface area contributed by atoms with Gasteiger partial charge in [-0.2, -0.15) is 5.10 Å². The molecule has 0 aliphatic rings. The largest absolute Gasteiger partial charge is 0.490 e. The zero-order chi connectivity index (χ0) is 14.5. The van der Waals surface area contributed by atoms with Gasteiger partial charge in [-0.05, 0) is 6.07 Å². The first-order valence-corrected chi connectivity index (χ1v) is 5.94. The molecule has 1 aromatic carbocycles. The second kappa shape index (κ2) is 6.25. The van der Waals surface area contributed by atoms with Gasteiger partial charge in [-0.3, -0.25) is 4.79 Å². The van der Waals surface area contributed by atoms with Crippen LogP contribution in [0.5, 0.6) is 5.75 Å². The van der Waals surface area contributed by atoms with Crippen molar-refractivity contribution in [2.45, 2.75) is 6.54 Å². The number of rotatable bonds is 5. The Morgan fingerprint density at radius 1 is 1.30 bits per heavy atom. The molecular formula is C13H13F2N3O2. The maximum Gasteiger partial charge on any atom is 0.270 e. The summed E-state index contributed by atoms with van der Waals surface area (Å²) < 4.78 is 32.5. The Kier molecular flexibility index (Phi) is 4.41. The molecule has 0 aliphatic heterocycles. The molecule has 0 radical (unpaired) electrons. The predicted octanol–water partition coefficient (Wildman–Crippen LogP) is 0.907. The summed E-state index contributed by atoms with van der Waals surface area (Å²) >= 11 is 0. The van der Waals surface area contributed by atoms with Gasteiger partial charge in [-0.1, -0.05) is 6.07 Å². The van der Waals surface area contributed by atoms with Crippen LogP contribution < -0.4 is 16.0 Å². The van der Waals surface area contributed by atoms with E-state index in [1.54, 1.807) is 0 Å². The van der Waals surface area contributed by atoms with Crippen molar-refractivity contribution in [2.24, 2.45) is 5.73 Å². The minimum absolute atomic E-state index is 0.0812. The van der Waals surface area contributed by atoms with E-state index >= 15 is 0 Å². The number of nitrogens with two attached hydrogens (primary N) is 1. The Labute approximate surface area is 113 Å². The summed E-state index contributed by atoms with van der Waals surface area (Å²) in [6, 6.07) is 4.41. The standard InChI is InChI=1S/C13H13F2N3O2/c14-10-2-1-9(12(15)5-10)8-18-13(19)6-11(7-17-18)20-4-3-16/h1-2,5-7H,3-4,8,16H2. The molecule has 5 nitrogen and oxygen atoms in total. The molecule has 0 atom stereocenters. The van der Waals surface area contributed by atoms with Crippen LogP contribution in [0.15, 0.2) is 35.3 Å². The lowest BCUT2D eigenvalue weighted by molar-refractivity contribution is 0.324. The highest BCUT2D eigenvalue weighted by Crippen LogP contribution is 2.10. The molecule has 0 bridgehead atoms. The molecule has 7 heteroatoms. The van der Waals surface area contributed by atoms with Crippen LogP contribution in [0.4, 0.5) is 8.78 Å². The minimum atomic E-state index is -0.720. The first kappa shape index (κ1) is 14.1. The zero-order valence-corrected chi connectivity index (χ0v) is 10.6. The maximum absolute atomic E-state index is 13.5. The van der Waals surface area contributed by atoms with E-state index < -0.39 is 17.2 Å². The van der Waals surface area contributed by atoms with Crippen LogP contribution >= 0.6 is 0 Å². The van der Waals surface area contributed by atoms with Gasteiger partial charge >= 0.3 is 0 Å². The van der Waals surface area contributed by atoms with Crippen LogP contribution in [-0.4, -0.2) is 22.9 Å². The Bertz CT molecular complexity index is 658. The first-order valence-electron chi connectivity index (χ1n) is 5.94. The lowest BCUT2D eigenvalue weighted by Crippen LogP contribution is -2.23. The molecular weight excluding hydrogens is 268 g/mol. The van der Waals surface area contributed by atoms with E-state index in [0.29, 0.717) is 12.3 Å². The van der Waals surface area contributed by atoms with E-state index in [-0.39, 0.29) is 18.7 Å². The second-order valence-corrected chi connectivity index (χ2v) is 4.06. The summed E-state index contributed by atoms with van der Waals surface area (Å²) in [7, 11) is 0. The fraction of sp³-hybridized carbons (Fsp3) is 0.231. The Morgan fingerprint density at radius 2 is 2.10 bits per heavy atom. The highest BCUT2D eigenvalue weighted by Gasteiger charge is 2.07. The second-order valence-electron chi connectivity index (χ2n) is 4.06. The lowest BCUT2D eigenvalue weighted by Gasteiger charge is -2.07. The molecule has 0 saturated heterocycles. The van der Waals surface area contributed by atoms with Crippen molar-refractivity contribution < 1.29 is 13.5 Å². The van der Waals surface area contributed by atoms with Gasteiger partial charge in [-0.25, -0.2) is 13.5 Å². The summed E-state index contributed by atoms with van der Waals surface area (Å²) in [5.74, 6) is -1.09. The van der Waals surface area contributed by atoms with E-state index in [9.17, 15) is 13.6 Å². The Hall–Kier alpha value is -2.28. The molecule has 0 spiro atoms. The van der Waals surface area contributed by atoms with Crippen molar-refractivity contribution in [1.29, 1.82) is 0 Å². The van der Waals surface area contributed by atoms with E-state index in [4.69, 9.17) is 10.5 Å². The van der Waals surface area contributed by atoms with Crippen molar-refractivity contribution in [3.05, 3.63) is 58.0 Å². The molecule has 0 saturated carbocycles. The van der Waals surface area contributed by atoms with Crippen molar-refractivity contribution >= 4 is 0 Å². The zero-order valence-electron chi connectivity index (χ0n) is 10.6. The molecule has 0 fully saturated rings. The average Bonchev–Trinajstić information content (AvgIpc) is 2.42. The van der Waals surface area contributed by atoms with Gasteiger partial charge in [-0.15, -0.1) is 0 Å². The molecule has 2 rings (SSSR count). The van der Waals surface area contributed by atoms with Crippen LogP contribution in [0, 0.1) is 11.6 Å². The van der Waals surface area contributed by atoms with Gasteiger partial charge in [0.1, 0.15) is 24.0 Å². The smallest absolute Gasteiger partial charge is 0.270 e. The van der Waals surface area contributed by atoms with Crippen molar-refractivity contribution in [1.82, 2.24) is 9.78 Å². The van der Waals surface area contributed by atoms with Crippen LogP contribution in [0.1, 0.15) is 5.56 Å². The molecule has 2 N–H and O–H groups in total. The SMILES string of the molecule is NCCOc1cnn(Cc2ccc(F)cc2F)c(=O)c1. The van der Waals surface area contributed by atoms with E-state index in [2.05, 4.69) is 5.10 Å². The van der Waals surface area contributed by atoms with Crippen LogP contribution in [0.3, 0.4) is 0 Å². The van der Waals surface area contributed by atoms with Crippen molar-refractivity contribution in [2.75, 3.05) is 13.2 Å². The maximum atomic E-state index is 13.5. The fourth-order valence-corrected chi connectivity index (χ4v) is 1.60. The summed E-state index contributed by atoms with van der Waals surface area (Å²) in [6.07, 6.45) is 1.35. The summed E-state index contributed by atoms with van der Waals surface area (Å²) in [5.41, 5.74) is 5.01. The van der Waals surface area contributed by atoms with Gasteiger partial charge in [0.25, 0.3) is 5.56 Å². The normalized spacial score (nSPS) is 10.6. The number of ether oxygens (including phenoxy) is 1. The number of halogens is 2. The summed E-state index contributed by atoms with van der Waals surface area (Å²) in [6.45, 7) is 0.518. The topological polar surface area (TPSA) is 70.1 Å². The number of aromatic nitrogens is 2. The van der Waals surface area contributed by atoms with Gasteiger partial charge in [0.15, 0.2) is 0 Å². The van der Waals surface area contributed by atoms with Gasteiger partial charge < -0.3 is 10.5 Å². The summed E-state index contributed by atoms with van der Waals surface area (Å²) in [5, 5.41) is 3.87. The monoisotopic (exact) mass is 281 g/mol. The average molecular weight is 281 g/mol. The van der Waals surface area contributed by atoms with Gasteiger partial charge in [0.05, 0.1) is 12.7 Å². The number of nitrogens with zero attached hydrogens (tertiary/aromatic N) is 2. The minimum Gasteiger partial charge on any atom is -0.490 e. The summed E-state index contributed by atoms with van der Waals surface area (Å²) in [4.78, 5) is 11.8. The van der Waals surface area contributed by atoms with Crippen LogP contribution in [0.2, 0.25) is 0 Å². The van der Waals surface area contributed by atoms with Crippen molar-refractivity contribution in [3.63, 3.8) is 0 Å². The van der Waals surface area contributed by atoms with Crippen LogP contribution in [-0.2, 0) is 6.54 Å². The molecule has 106 valence electrons. The van der Waals surface area contributed by atoms with E-state index in [0.717, 1.165) is 16.8 Å².